The molecule has 1 aliphatic heterocycles. The van der Waals surface area contributed by atoms with Crippen molar-refractivity contribution in [2.24, 2.45) is 0 Å². The topological polar surface area (TPSA) is 104 Å². The van der Waals surface area contributed by atoms with Crippen molar-refractivity contribution in [1.29, 1.82) is 0 Å². The number of aromatic nitrogens is 2. The van der Waals surface area contributed by atoms with Crippen molar-refractivity contribution < 1.29 is 28.5 Å². The van der Waals surface area contributed by atoms with Gasteiger partial charge in [0.25, 0.3) is 0 Å². The molecule has 45 heavy (non-hydrogen) atoms. The number of nitrogens with zero attached hydrogens (tertiary/aromatic N) is 3. The number of carbonyl (C=O) groups excluding carboxylic acids is 2. The lowest BCUT2D eigenvalue weighted by Crippen LogP contribution is -2.42. The van der Waals surface area contributed by atoms with E-state index in [1.54, 1.807) is 45.3 Å². The lowest BCUT2D eigenvalue weighted by Gasteiger charge is -2.23. The Morgan fingerprint density at radius 1 is 0.978 bits per heavy atom. The van der Waals surface area contributed by atoms with E-state index in [1.807, 2.05) is 54.6 Å². The third kappa shape index (κ3) is 7.06. The largest absolute Gasteiger partial charge is 0.497 e. The van der Waals surface area contributed by atoms with Crippen LogP contribution in [0.3, 0.4) is 0 Å². The van der Waals surface area contributed by atoms with E-state index in [1.165, 1.54) is 16.7 Å². The number of amides is 2. The van der Waals surface area contributed by atoms with Gasteiger partial charge in [-0.1, -0.05) is 29.8 Å². The van der Waals surface area contributed by atoms with Gasteiger partial charge in [-0.3, -0.25) is 14.5 Å². The number of rotatable bonds is 12. The number of anilines is 1. The summed E-state index contributed by atoms with van der Waals surface area (Å²) < 4.78 is 23.4. The van der Waals surface area contributed by atoms with Crippen molar-refractivity contribution >= 4 is 41.0 Å². The molecule has 5 rings (SSSR count). The maximum absolute atomic E-state index is 13.9. The Morgan fingerprint density at radius 3 is 2.38 bits per heavy atom. The molecule has 0 saturated carbocycles. The summed E-state index contributed by atoms with van der Waals surface area (Å²) in [7, 11) is 6.39. The SMILES string of the molecule is COCCCNC(=O)CN1C(=O)CS[C@@H](c2ccc(OC)c(OC)c2)c2c(-c3ccc(Cl)cc3)nn(-c3ccc(OC)cc3)c21. The summed E-state index contributed by atoms with van der Waals surface area (Å²) in [5, 5.41) is 8.27. The lowest BCUT2D eigenvalue weighted by molar-refractivity contribution is -0.122. The molecule has 3 aromatic carbocycles. The van der Waals surface area contributed by atoms with Crippen molar-refractivity contribution in [1.82, 2.24) is 15.1 Å². The van der Waals surface area contributed by atoms with Crippen LogP contribution in [0.2, 0.25) is 5.02 Å². The average molecular weight is 651 g/mol. The normalized spacial score (nSPS) is 14.5. The van der Waals surface area contributed by atoms with Gasteiger partial charge in [0, 0.05) is 36.4 Å². The summed E-state index contributed by atoms with van der Waals surface area (Å²) in [6.45, 7) is 0.768. The standard InChI is InChI=1S/C33H35ClN4O6S/c1-41-17-5-16-35-28(39)19-37-29(40)20-45-32(22-8-15-26(43-3)27(18-22)44-4)30-31(21-6-9-23(34)10-7-21)36-38(33(30)37)24-11-13-25(42-2)14-12-24/h6-15,18,32H,5,16-17,19-20H2,1-4H3,(H,35,39)/t32-/m0/s1. The summed E-state index contributed by atoms with van der Waals surface area (Å²) in [5.41, 5.74) is 3.84. The van der Waals surface area contributed by atoms with Gasteiger partial charge in [-0.05, 0) is 60.5 Å². The maximum atomic E-state index is 13.9. The second kappa shape index (κ2) is 14.7. The molecule has 0 fully saturated rings. The fourth-order valence-corrected chi connectivity index (χ4v) is 6.48. The van der Waals surface area contributed by atoms with Gasteiger partial charge in [0.2, 0.25) is 11.8 Å². The van der Waals surface area contributed by atoms with Crippen LogP contribution in [0.15, 0.2) is 66.7 Å². The molecule has 0 saturated heterocycles. The van der Waals surface area contributed by atoms with E-state index in [4.69, 9.17) is 35.6 Å². The smallest absolute Gasteiger partial charge is 0.240 e. The van der Waals surface area contributed by atoms with E-state index in [0.29, 0.717) is 59.0 Å². The highest BCUT2D eigenvalue weighted by molar-refractivity contribution is 8.00. The van der Waals surface area contributed by atoms with Crippen molar-refractivity contribution in [3.63, 3.8) is 0 Å². The molecule has 0 spiro atoms. The predicted molar refractivity (Wildman–Crippen MR) is 176 cm³/mol. The molecule has 0 aliphatic carbocycles. The lowest BCUT2D eigenvalue weighted by atomic mass is 9.99. The van der Waals surface area contributed by atoms with Gasteiger partial charge in [-0.2, -0.15) is 5.10 Å². The van der Waals surface area contributed by atoms with E-state index in [2.05, 4.69) is 5.32 Å². The Morgan fingerprint density at radius 2 is 1.71 bits per heavy atom. The Bertz CT molecular complexity index is 1640. The summed E-state index contributed by atoms with van der Waals surface area (Å²) in [5.74, 6) is 1.98. The summed E-state index contributed by atoms with van der Waals surface area (Å²) >= 11 is 7.74. The predicted octanol–water partition coefficient (Wildman–Crippen LogP) is 5.54. The number of hydrogen-bond donors (Lipinski definition) is 1. The highest BCUT2D eigenvalue weighted by Gasteiger charge is 2.38. The molecule has 0 bridgehead atoms. The first-order valence-corrected chi connectivity index (χ1v) is 15.7. The van der Waals surface area contributed by atoms with Crippen molar-refractivity contribution in [3.8, 4) is 34.2 Å². The fourth-order valence-electron chi connectivity index (χ4n) is 5.17. The van der Waals surface area contributed by atoms with Gasteiger partial charge in [0.15, 0.2) is 11.5 Å². The molecule has 10 nitrogen and oxygen atoms in total. The highest BCUT2D eigenvalue weighted by Crippen LogP contribution is 2.49. The first kappa shape index (κ1) is 32.2. The first-order chi connectivity index (χ1) is 21.9. The average Bonchev–Trinajstić information content (AvgIpc) is 3.39. The van der Waals surface area contributed by atoms with Gasteiger partial charge < -0.3 is 24.3 Å². The molecule has 2 heterocycles. The third-order valence-corrected chi connectivity index (χ3v) is 8.89. The zero-order chi connectivity index (χ0) is 31.9. The van der Waals surface area contributed by atoms with Crippen LogP contribution in [-0.4, -0.2) is 75.5 Å². The Hall–Kier alpha value is -4.19. The molecular formula is C33H35ClN4O6S. The summed E-state index contributed by atoms with van der Waals surface area (Å²) in [6, 6.07) is 20.5. The van der Waals surface area contributed by atoms with E-state index < -0.39 is 0 Å². The second-order valence-corrected chi connectivity index (χ2v) is 11.7. The first-order valence-electron chi connectivity index (χ1n) is 14.3. The molecule has 1 aromatic heterocycles. The van der Waals surface area contributed by atoms with E-state index in [0.717, 1.165) is 16.7 Å². The van der Waals surface area contributed by atoms with Gasteiger partial charge in [-0.15, -0.1) is 11.8 Å². The number of methoxy groups -OCH3 is 4. The Labute approximate surface area is 271 Å². The molecule has 1 atom stereocenters. The van der Waals surface area contributed by atoms with Crippen molar-refractivity contribution in [3.05, 3.63) is 82.9 Å². The van der Waals surface area contributed by atoms with Crippen LogP contribution < -0.4 is 24.4 Å². The summed E-state index contributed by atoms with van der Waals surface area (Å²) in [6.07, 6.45) is 0.656. The molecule has 4 aromatic rings. The van der Waals surface area contributed by atoms with Crippen LogP contribution >= 0.6 is 23.4 Å². The number of fused-ring (bicyclic) bond motifs is 1. The minimum atomic E-state index is -0.351. The maximum Gasteiger partial charge on any atom is 0.240 e. The van der Waals surface area contributed by atoms with Gasteiger partial charge in [0.05, 0.1) is 43.7 Å². The minimum Gasteiger partial charge on any atom is -0.497 e. The fraction of sp³-hybridized carbons (Fsp3) is 0.303. The molecule has 1 N–H and O–H groups in total. The zero-order valence-electron chi connectivity index (χ0n) is 25.5. The second-order valence-electron chi connectivity index (χ2n) is 10.2. The quantitative estimate of drug-likeness (QED) is 0.199. The van der Waals surface area contributed by atoms with Crippen LogP contribution in [0.1, 0.15) is 22.8 Å². The molecular weight excluding hydrogens is 616 g/mol. The number of thioether (sulfide) groups is 1. The monoisotopic (exact) mass is 650 g/mol. The van der Waals surface area contributed by atoms with Crippen LogP contribution in [0, 0.1) is 0 Å². The minimum absolute atomic E-state index is 0.132. The van der Waals surface area contributed by atoms with Crippen molar-refractivity contribution in [2.75, 3.05) is 58.8 Å². The van der Waals surface area contributed by atoms with Crippen LogP contribution in [0.4, 0.5) is 5.82 Å². The van der Waals surface area contributed by atoms with Gasteiger partial charge in [0.1, 0.15) is 18.1 Å². The van der Waals surface area contributed by atoms with Crippen LogP contribution in [0.5, 0.6) is 17.2 Å². The molecule has 0 radical (unpaired) electrons. The Balaban J connectivity index is 1.73. The third-order valence-electron chi connectivity index (χ3n) is 7.38. The van der Waals surface area contributed by atoms with Gasteiger partial charge >= 0.3 is 0 Å². The zero-order valence-corrected chi connectivity index (χ0v) is 27.1. The van der Waals surface area contributed by atoms with Crippen LogP contribution in [0.25, 0.3) is 16.9 Å². The molecule has 12 heteroatoms. The number of carbonyl (C=O) groups is 2. The number of halogens is 1. The molecule has 2 amide bonds. The van der Waals surface area contributed by atoms with E-state index in [9.17, 15) is 9.59 Å². The van der Waals surface area contributed by atoms with Gasteiger partial charge in [-0.25, -0.2) is 4.68 Å². The van der Waals surface area contributed by atoms with Crippen LogP contribution in [-0.2, 0) is 14.3 Å². The Kier molecular flexibility index (Phi) is 10.5. The molecule has 1 aliphatic rings. The highest BCUT2D eigenvalue weighted by atomic mass is 35.5. The van der Waals surface area contributed by atoms with E-state index in [-0.39, 0.29) is 29.4 Å². The van der Waals surface area contributed by atoms with E-state index >= 15 is 0 Å². The number of ether oxygens (including phenoxy) is 4. The number of hydrogen-bond acceptors (Lipinski definition) is 8. The summed E-state index contributed by atoms with van der Waals surface area (Å²) in [4.78, 5) is 28.7. The number of benzene rings is 3. The molecule has 236 valence electrons. The molecule has 0 unspecified atom stereocenters. The number of nitrogens with one attached hydrogen (secondary N) is 1. The van der Waals surface area contributed by atoms with Crippen molar-refractivity contribution in [2.45, 2.75) is 11.7 Å².